The van der Waals surface area contributed by atoms with Crippen LogP contribution in [0.1, 0.15) is 5.69 Å². The molecule has 0 bridgehead atoms. The molecule has 0 radical (unpaired) electrons. The van der Waals surface area contributed by atoms with Gasteiger partial charge in [-0.05, 0) is 6.92 Å². The molecule has 0 unspecified atom stereocenters. The number of fused-ring (bicyclic) bond motifs is 1. The Hall–Kier alpha value is -2.44. The third kappa shape index (κ3) is 2.02. The van der Waals surface area contributed by atoms with Gasteiger partial charge in [0.15, 0.2) is 0 Å². The van der Waals surface area contributed by atoms with Gasteiger partial charge in [-0.3, -0.25) is 0 Å². The lowest BCUT2D eigenvalue weighted by Crippen LogP contribution is -2.12. The second-order valence-electron chi connectivity index (χ2n) is 3.98. The Bertz CT molecular complexity index is 641. The molecular formula is C11H13N7. The maximum atomic E-state index is 4.29. The molecule has 92 valence electrons. The first-order chi connectivity index (χ1) is 8.83. The van der Waals surface area contributed by atoms with Crippen molar-refractivity contribution in [3.63, 3.8) is 0 Å². The maximum Gasteiger partial charge on any atom is 0.254 e. The summed E-state index contributed by atoms with van der Waals surface area (Å²) < 4.78 is 3.71. The first-order valence-electron chi connectivity index (χ1n) is 5.70. The van der Waals surface area contributed by atoms with E-state index < -0.39 is 0 Å². The summed E-state index contributed by atoms with van der Waals surface area (Å²) in [4.78, 5) is 12.4. The van der Waals surface area contributed by atoms with E-state index in [1.807, 2.05) is 23.8 Å². The second kappa shape index (κ2) is 4.44. The highest BCUT2D eigenvalue weighted by atomic mass is 15.4. The van der Waals surface area contributed by atoms with Crippen LogP contribution < -0.4 is 5.32 Å². The fourth-order valence-corrected chi connectivity index (χ4v) is 1.79. The van der Waals surface area contributed by atoms with E-state index in [0.29, 0.717) is 5.78 Å². The molecule has 0 aliphatic carbocycles. The molecule has 3 aromatic heterocycles. The van der Waals surface area contributed by atoms with E-state index in [1.165, 1.54) is 6.33 Å². The number of aromatic nitrogens is 6. The minimum absolute atomic E-state index is 0.611. The predicted octanol–water partition coefficient (Wildman–Crippen LogP) is 0.741. The zero-order chi connectivity index (χ0) is 12.4. The normalized spacial score (nSPS) is 10.9. The summed E-state index contributed by atoms with van der Waals surface area (Å²) in [6, 6.07) is 1.95. The van der Waals surface area contributed by atoms with Crippen molar-refractivity contribution in [3.05, 3.63) is 36.8 Å². The van der Waals surface area contributed by atoms with Gasteiger partial charge in [-0.15, -0.1) is 0 Å². The van der Waals surface area contributed by atoms with Gasteiger partial charge in [0.2, 0.25) is 0 Å². The number of imidazole rings is 1. The number of hydrogen-bond donors (Lipinski definition) is 1. The summed E-state index contributed by atoms with van der Waals surface area (Å²) in [6.45, 7) is 3.57. The average Bonchev–Trinajstić information content (AvgIpc) is 2.98. The first kappa shape index (κ1) is 10.7. The van der Waals surface area contributed by atoms with Gasteiger partial charge in [0.1, 0.15) is 12.1 Å². The Kier molecular flexibility index (Phi) is 2.64. The molecule has 0 aliphatic heterocycles. The summed E-state index contributed by atoms with van der Waals surface area (Å²) in [5, 5.41) is 7.46. The predicted molar refractivity (Wildman–Crippen MR) is 66.2 cm³/mol. The van der Waals surface area contributed by atoms with Crippen molar-refractivity contribution in [1.82, 2.24) is 29.1 Å². The molecule has 18 heavy (non-hydrogen) atoms. The van der Waals surface area contributed by atoms with Crippen molar-refractivity contribution in [2.24, 2.45) is 0 Å². The molecule has 3 heterocycles. The molecule has 1 N–H and O–H groups in total. The highest BCUT2D eigenvalue weighted by Crippen LogP contribution is 2.09. The number of nitrogens with one attached hydrogen (secondary N) is 1. The molecule has 3 rings (SSSR count). The monoisotopic (exact) mass is 243 g/mol. The van der Waals surface area contributed by atoms with E-state index in [9.17, 15) is 0 Å². The quantitative estimate of drug-likeness (QED) is 0.731. The number of nitrogens with zero attached hydrogens (tertiary/aromatic N) is 6. The standard InChI is InChI=1S/C11H13N7/c1-9-6-10(18-11(16-9)14-7-15-18)13-3-5-17-4-2-12-8-17/h2,4,6-8,13H,3,5H2,1H3. The fourth-order valence-electron chi connectivity index (χ4n) is 1.79. The van der Waals surface area contributed by atoms with Crippen LogP contribution in [0.5, 0.6) is 0 Å². The summed E-state index contributed by atoms with van der Waals surface area (Å²) in [7, 11) is 0. The van der Waals surface area contributed by atoms with Gasteiger partial charge in [-0.2, -0.15) is 14.6 Å². The van der Waals surface area contributed by atoms with Gasteiger partial charge in [-0.1, -0.05) is 0 Å². The number of anilines is 1. The van der Waals surface area contributed by atoms with Crippen LogP contribution in [0.4, 0.5) is 5.82 Å². The summed E-state index contributed by atoms with van der Waals surface area (Å²) in [5.41, 5.74) is 0.917. The highest BCUT2D eigenvalue weighted by Gasteiger charge is 2.04. The lowest BCUT2D eigenvalue weighted by molar-refractivity contribution is 0.722. The van der Waals surface area contributed by atoms with Crippen LogP contribution in [0.3, 0.4) is 0 Å². The summed E-state index contributed by atoms with van der Waals surface area (Å²) >= 11 is 0. The highest BCUT2D eigenvalue weighted by molar-refractivity contribution is 5.44. The van der Waals surface area contributed by atoms with Crippen molar-refractivity contribution in [3.8, 4) is 0 Å². The summed E-state index contributed by atoms with van der Waals surface area (Å²) in [6.07, 6.45) is 7.00. The molecule has 3 aromatic rings. The fraction of sp³-hybridized carbons (Fsp3) is 0.273. The van der Waals surface area contributed by atoms with E-state index in [2.05, 4.69) is 25.4 Å². The molecule has 0 aromatic carbocycles. The van der Waals surface area contributed by atoms with Crippen LogP contribution >= 0.6 is 0 Å². The molecule has 0 amide bonds. The zero-order valence-electron chi connectivity index (χ0n) is 9.98. The Morgan fingerprint density at radius 1 is 1.39 bits per heavy atom. The van der Waals surface area contributed by atoms with Gasteiger partial charge < -0.3 is 9.88 Å². The van der Waals surface area contributed by atoms with Crippen molar-refractivity contribution >= 4 is 11.6 Å². The smallest absolute Gasteiger partial charge is 0.254 e. The SMILES string of the molecule is Cc1cc(NCCn2ccnc2)n2ncnc2n1. The molecule has 7 nitrogen and oxygen atoms in total. The molecule has 7 heteroatoms. The van der Waals surface area contributed by atoms with Crippen LogP contribution in [0.15, 0.2) is 31.1 Å². The van der Waals surface area contributed by atoms with E-state index in [4.69, 9.17) is 0 Å². The molecule has 0 aliphatic rings. The Balaban J connectivity index is 1.75. The van der Waals surface area contributed by atoms with Gasteiger partial charge in [0.25, 0.3) is 5.78 Å². The Morgan fingerprint density at radius 2 is 2.33 bits per heavy atom. The number of aryl methyl sites for hydroxylation is 1. The molecular weight excluding hydrogens is 230 g/mol. The lowest BCUT2D eigenvalue weighted by atomic mass is 10.4. The van der Waals surface area contributed by atoms with Gasteiger partial charge >= 0.3 is 0 Å². The average molecular weight is 243 g/mol. The van der Waals surface area contributed by atoms with Crippen LogP contribution in [-0.2, 0) is 6.54 Å². The molecule has 0 saturated carbocycles. The van der Waals surface area contributed by atoms with Crippen molar-refractivity contribution in [2.75, 3.05) is 11.9 Å². The molecule has 0 saturated heterocycles. The second-order valence-corrected chi connectivity index (χ2v) is 3.98. The molecule has 0 spiro atoms. The third-order valence-electron chi connectivity index (χ3n) is 2.62. The third-order valence-corrected chi connectivity index (χ3v) is 2.62. The van der Waals surface area contributed by atoms with Crippen LogP contribution in [0.2, 0.25) is 0 Å². The van der Waals surface area contributed by atoms with Gasteiger partial charge in [-0.25, -0.2) is 9.97 Å². The summed E-state index contributed by atoms with van der Waals surface area (Å²) in [5.74, 6) is 1.51. The molecule has 0 atom stereocenters. The van der Waals surface area contributed by atoms with E-state index in [1.54, 1.807) is 17.0 Å². The minimum Gasteiger partial charge on any atom is -0.368 e. The van der Waals surface area contributed by atoms with Gasteiger partial charge in [0, 0.05) is 37.2 Å². The lowest BCUT2D eigenvalue weighted by Gasteiger charge is -2.08. The minimum atomic E-state index is 0.611. The van der Waals surface area contributed by atoms with Crippen molar-refractivity contribution < 1.29 is 0 Å². The Morgan fingerprint density at radius 3 is 3.17 bits per heavy atom. The van der Waals surface area contributed by atoms with Crippen molar-refractivity contribution in [2.45, 2.75) is 13.5 Å². The first-order valence-corrected chi connectivity index (χ1v) is 5.70. The zero-order valence-corrected chi connectivity index (χ0v) is 9.98. The van der Waals surface area contributed by atoms with E-state index in [0.717, 1.165) is 24.6 Å². The topological polar surface area (TPSA) is 72.9 Å². The van der Waals surface area contributed by atoms with Crippen molar-refractivity contribution in [1.29, 1.82) is 0 Å². The van der Waals surface area contributed by atoms with Crippen LogP contribution in [0, 0.1) is 6.92 Å². The largest absolute Gasteiger partial charge is 0.368 e. The molecule has 0 fully saturated rings. The number of rotatable bonds is 4. The van der Waals surface area contributed by atoms with Crippen LogP contribution in [0.25, 0.3) is 5.78 Å². The van der Waals surface area contributed by atoms with Gasteiger partial charge in [0.05, 0.1) is 6.33 Å². The van der Waals surface area contributed by atoms with E-state index >= 15 is 0 Å². The maximum absolute atomic E-state index is 4.29. The Labute approximate surface area is 104 Å². The van der Waals surface area contributed by atoms with E-state index in [-0.39, 0.29) is 0 Å². The van der Waals surface area contributed by atoms with Crippen LogP contribution in [-0.4, -0.2) is 35.7 Å². The number of hydrogen-bond acceptors (Lipinski definition) is 5.